The molecule has 0 spiro atoms. The van der Waals surface area contributed by atoms with E-state index in [4.69, 9.17) is 5.11 Å². The molecule has 0 saturated heterocycles. The number of halogens is 2. The number of aromatic carboxylic acids is 1. The van der Waals surface area contributed by atoms with Gasteiger partial charge in [-0.3, -0.25) is 0 Å². The second-order valence-electron chi connectivity index (χ2n) is 3.19. The van der Waals surface area contributed by atoms with E-state index < -0.39 is 23.5 Å². The monoisotopic (exact) mass is 228 g/mol. The number of hydrogen-bond donors (Lipinski definition) is 1. The van der Waals surface area contributed by atoms with Crippen molar-refractivity contribution in [3.63, 3.8) is 0 Å². The molecule has 0 aliphatic rings. The van der Waals surface area contributed by atoms with Crippen molar-refractivity contribution >= 4 is 12.3 Å². The van der Waals surface area contributed by atoms with Crippen LogP contribution in [-0.2, 0) is 11.2 Å². The molecule has 0 heterocycles. The highest BCUT2D eigenvalue weighted by atomic mass is 19.3. The maximum Gasteiger partial charge on any atom is 0.336 e. The first-order chi connectivity index (χ1) is 7.57. The molecule has 1 rings (SSSR count). The van der Waals surface area contributed by atoms with Crippen molar-refractivity contribution < 1.29 is 23.5 Å². The number of hydrogen-bond acceptors (Lipinski definition) is 2. The van der Waals surface area contributed by atoms with Gasteiger partial charge in [0.25, 0.3) is 6.43 Å². The summed E-state index contributed by atoms with van der Waals surface area (Å²) in [6.45, 7) is 0. The molecule has 0 saturated carbocycles. The Bertz CT molecular complexity index is 402. The van der Waals surface area contributed by atoms with Gasteiger partial charge in [0.2, 0.25) is 0 Å². The molecule has 0 unspecified atom stereocenters. The molecule has 0 aliphatic heterocycles. The van der Waals surface area contributed by atoms with E-state index in [9.17, 15) is 18.4 Å². The molecule has 16 heavy (non-hydrogen) atoms. The highest BCUT2D eigenvalue weighted by Gasteiger charge is 2.21. The van der Waals surface area contributed by atoms with Crippen molar-refractivity contribution in [3.8, 4) is 0 Å². The summed E-state index contributed by atoms with van der Waals surface area (Å²) in [4.78, 5) is 20.9. The molecule has 86 valence electrons. The molecule has 0 radical (unpaired) electrons. The molecule has 1 aromatic rings. The Morgan fingerprint density at radius 1 is 1.44 bits per heavy atom. The Morgan fingerprint density at radius 3 is 2.62 bits per heavy atom. The second-order valence-corrected chi connectivity index (χ2v) is 3.19. The van der Waals surface area contributed by atoms with Crippen molar-refractivity contribution in [1.82, 2.24) is 0 Å². The van der Waals surface area contributed by atoms with Crippen molar-refractivity contribution in [3.05, 3.63) is 34.9 Å². The van der Waals surface area contributed by atoms with Gasteiger partial charge < -0.3 is 9.90 Å². The first-order valence-corrected chi connectivity index (χ1v) is 4.64. The van der Waals surface area contributed by atoms with Gasteiger partial charge in [0.1, 0.15) is 6.29 Å². The van der Waals surface area contributed by atoms with Crippen molar-refractivity contribution in [1.29, 1.82) is 0 Å². The maximum absolute atomic E-state index is 12.7. The summed E-state index contributed by atoms with van der Waals surface area (Å²) < 4.78 is 25.4. The van der Waals surface area contributed by atoms with Gasteiger partial charge in [0.15, 0.2) is 0 Å². The highest BCUT2D eigenvalue weighted by Crippen LogP contribution is 2.27. The summed E-state index contributed by atoms with van der Waals surface area (Å²) in [5.74, 6) is -1.39. The molecule has 0 amide bonds. The molecule has 0 atom stereocenters. The molecule has 0 aliphatic carbocycles. The third kappa shape index (κ3) is 2.62. The summed E-state index contributed by atoms with van der Waals surface area (Å²) >= 11 is 0. The summed E-state index contributed by atoms with van der Waals surface area (Å²) in [6, 6.07) is 3.95. The lowest BCUT2D eigenvalue weighted by Gasteiger charge is -2.10. The third-order valence-corrected chi connectivity index (χ3v) is 2.18. The Kier molecular flexibility index (Phi) is 4.10. The number of benzene rings is 1. The molecule has 3 nitrogen and oxygen atoms in total. The number of rotatable bonds is 5. The zero-order chi connectivity index (χ0) is 12.1. The zero-order valence-electron chi connectivity index (χ0n) is 8.32. The van der Waals surface area contributed by atoms with Crippen LogP contribution < -0.4 is 0 Å². The minimum atomic E-state index is -2.85. The number of carboxylic acid groups (broad SMARTS) is 1. The largest absolute Gasteiger partial charge is 0.478 e. The average Bonchev–Trinajstić information content (AvgIpc) is 2.25. The van der Waals surface area contributed by atoms with Crippen LogP contribution in [0.3, 0.4) is 0 Å². The normalized spacial score (nSPS) is 10.4. The summed E-state index contributed by atoms with van der Waals surface area (Å²) in [5.41, 5.74) is -0.683. The van der Waals surface area contributed by atoms with Gasteiger partial charge in [-0.2, -0.15) is 0 Å². The van der Waals surface area contributed by atoms with Gasteiger partial charge in [-0.05, 0) is 18.1 Å². The molecule has 0 aromatic heterocycles. The van der Waals surface area contributed by atoms with Gasteiger partial charge >= 0.3 is 5.97 Å². The summed E-state index contributed by atoms with van der Waals surface area (Å²) in [7, 11) is 0. The Hall–Kier alpha value is -1.78. The quantitative estimate of drug-likeness (QED) is 0.787. The Morgan fingerprint density at radius 2 is 2.12 bits per heavy atom. The van der Waals surface area contributed by atoms with Crippen molar-refractivity contribution in [2.75, 3.05) is 0 Å². The summed E-state index contributed by atoms with van der Waals surface area (Å²) in [5, 5.41) is 8.76. The van der Waals surface area contributed by atoms with E-state index in [0.717, 1.165) is 6.07 Å². The van der Waals surface area contributed by atoms with Crippen LogP contribution in [0.1, 0.15) is 34.3 Å². The Labute approximate surface area is 90.7 Å². The van der Waals surface area contributed by atoms with Gasteiger partial charge in [0.05, 0.1) is 5.56 Å². The number of carbonyl (C=O) groups is 2. The molecule has 1 aromatic carbocycles. The predicted octanol–water partition coefficient (Wildman–Crippen LogP) is 2.45. The molecule has 0 fully saturated rings. The second kappa shape index (κ2) is 5.34. The van der Waals surface area contributed by atoms with Crippen LogP contribution in [0.4, 0.5) is 8.78 Å². The van der Waals surface area contributed by atoms with Crippen molar-refractivity contribution in [2.24, 2.45) is 0 Å². The van der Waals surface area contributed by atoms with Gasteiger partial charge in [0, 0.05) is 12.0 Å². The van der Waals surface area contributed by atoms with Crippen LogP contribution in [0.25, 0.3) is 0 Å². The molecule has 0 bridgehead atoms. The van der Waals surface area contributed by atoms with Gasteiger partial charge in [-0.25, -0.2) is 13.6 Å². The minimum Gasteiger partial charge on any atom is -0.478 e. The molecular weight excluding hydrogens is 218 g/mol. The lowest BCUT2D eigenvalue weighted by molar-refractivity contribution is -0.107. The SMILES string of the molecule is O=CCCc1cccc(C(=O)O)c1C(F)F. The fourth-order valence-corrected chi connectivity index (χ4v) is 1.49. The van der Waals surface area contributed by atoms with E-state index in [1.807, 2.05) is 0 Å². The third-order valence-electron chi connectivity index (χ3n) is 2.18. The number of alkyl halides is 2. The average molecular weight is 228 g/mol. The predicted molar refractivity (Wildman–Crippen MR) is 52.7 cm³/mol. The molecular formula is C11H10F2O3. The fraction of sp³-hybridized carbons (Fsp3) is 0.273. The molecule has 5 heteroatoms. The van der Waals surface area contributed by atoms with Crippen LogP contribution in [0.5, 0.6) is 0 Å². The zero-order valence-corrected chi connectivity index (χ0v) is 8.32. The van der Waals surface area contributed by atoms with E-state index in [1.165, 1.54) is 12.1 Å². The van der Waals surface area contributed by atoms with Crippen LogP contribution in [0.15, 0.2) is 18.2 Å². The van der Waals surface area contributed by atoms with E-state index in [0.29, 0.717) is 6.29 Å². The first-order valence-electron chi connectivity index (χ1n) is 4.64. The van der Waals surface area contributed by atoms with Crippen LogP contribution >= 0.6 is 0 Å². The standard InChI is InChI=1S/C11H10F2O3/c12-10(13)9-7(4-2-6-14)3-1-5-8(9)11(15)16/h1,3,5-6,10H,2,4H2,(H,15,16). The lowest BCUT2D eigenvalue weighted by atomic mass is 9.98. The topological polar surface area (TPSA) is 54.4 Å². The van der Waals surface area contributed by atoms with E-state index >= 15 is 0 Å². The maximum atomic E-state index is 12.7. The highest BCUT2D eigenvalue weighted by molar-refractivity contribution is 5.90. The minimum absolute atomic E-state index is 0.1000. The van der Waals surface area contributed by atoms with Crippen LogP contribution in [-0.4, -0.2) is 17.4 Å². The van der Waals surface area contributed by atoms with E-state index in [-0.39, 0.29) is 18.4 Å². The number of aryl methyl sites for hydroxylation is 1. The van der Waals surface area contributed by atoms with Crippen molar-refractivity contribution in [2.45, 2.75) is 19.3 Å². The summed E-state index contributed by atoms with van der Waals surface area (Å²) in [6.07, 6.45) is -2.01. The lowest BCUT2D eigenvalue weighted by Crippen LogP contribution is -2.06. The number of carbonyl (C=O) groups excluding carboxylic acids is 1. The van der Waals surface area contributed by atoms with Crippen LogP contribution in [0.2, 0.25) is 0 Å². The van der Waals surface area contributed by atoms with Gasteiger partial charge in [-0.15, -0.1) is 0 Å². The van der Waals surface area contributed by atoms with Gasteiger partial charge in [-0.1, -0.05) is 12.1 Å². The van der Waals surface area contributed by atoms with E-state index in [2.05, 4.69) is 0 Å². The number of carboxylic acids is 1. The smallest absolute Gasteiger partial charge is 0.336 e. The fourth-order valence-electron chi connectivity index (χ4n) is 1.49. The van der Waals surface area contributed by atoms with Crippen LogP contribution in [0, 0.1) is 0 Å². The first kappa shape index (κ1) is 12.3. The van der Waals surface area contributed by atoms with E-state index in [1.54, 1.807) is 0 Å². The molecule has 1 N–H and O–H groups in total. The Balaban J connectivity index is 3.21. The number of aldehydes is 1.